The van der Waals surface area contributed by atoms with Gasteiger partial charge in [-0.3, -0.25) is 10.7 Å². The number of aromatic nitrogens is 1. The van der Waals surface area contributed by atoms with Crippen molar-refractivity contribution >= 4 is 23.4 Å². The van der Waals surface area contributed by atoms with Gasteiger partial charge in [0.1, 0.15) is 5.82 Å². The third kappa shape index (κ3) is 2.37. The summed E-state index contributed by atoms with van der Waals surface area (Å²) in [6, 6.07) is 2.66. The molecule has 2 amide bonds. The molecule has 0 aliphatic heterocycles. The molecular weight excluding hydrogens is 180 g/mol. The van der Waals surface area contributed by atoms with Crippen LogP contribution in [-0.4, -0.2) is 11.0 Å². The van der Waals surface area contributed by atoms with Gasteiger partial charge in [-0.05, 0) is 12.1 Å². The molecule has 0 fully saturated rings. The normalized spacial score (nSPS) is 9.17. The summed E-state index contributed by atoms with van der Waals surface area (Å²) >= 11 is 5.57. The van der Waals surface area contributed by atoms with Crippen LogP contribution in [0.3, 0.4) is 0 Å². The van der Waals surface area contributed by atoms with Gasteiger partial charge in [0.05, 0.1) is 5.02 Å². The maximum atomic E-state index is 10.6. The molecule has 64 valence electrons. The lowest BCUT2D eigenvalue weighted by Crippen LogP contribution is -2.34. The summed E-state index contributed by atoms with van der Waals surface area (Å²) in [6.45, 7) is 0. The number of amides is 2. The molecule has 0 atom stereocenters. The second kappa shape index (κ2) is 3.89. The number of hydrazine groups is 1. The van der Waals surface area contributed by atoms with Gasteiger partial charge in [-0.25, -0.2) is 15.6 Å². The summed E-state index contributed by atoms with van der Waals surface area (Å²) in [7, 11) is 0. The highest BCUT2D eigenvalue weighted by Crippen LogP contribution is 2.08. The lowest BCUT2D eigenvalue weighted by molar-refractivity contribution is 0.252. The first-order valence-corrected chi connectivity index (χ1v) is 3.49. The fraction of sp³-hybridized carbons (Fsp3) is 0. The van der Waals surface area contributed by atoms with Gasteiger partial charge in [-0.1, -0.05) is 11.6 Å². The van der Waals surface area contributed by atoms with Crippen molar-refractivity contribution in [3.8, 4) is 0 Å². The number of nitrogens with zero attached hydrogens (tertiary/aromatic N) is 1. The molecule has 1 heterocycles. The molecule has 0 radical (unpaired) electrons. The van der Waals surface area contributed by atoms with E-state index in [1.54, 1.807) is 12.1 Å². The number of rotatable bonds is 1. The molecule has 1 aromatic heterocycles. The molecule has 0 saturated heterocycles. The predicted molar refractivity (Wildman–Crippen MR) is 45.6 cm³/mol. The van der Waals surface area contributed by atoms with Gasteiger partial charge in [0, 0.05) is 6.20 Å². The van der Waals surface area contributed by atoms with E-state index >= 15 is 0 Å². The van der Waals surface area contributed by atoms with Gasteiger partial charge in [0.25, 0.3) is 0 Å². The van der Waals surface area contributed by atoms with E-state index in [9.17, 15) is 4.79 Å². The molecule has 6 heteroatoms. The van der Waals surface area contributed by atoms with Crippen molar-refractivity contribution in [1.82, 2.24) is 10.4 Å². The molecule has 0 spiro atoms. The number of pyridine rings is 1. The summed E-state index contributed by atoms with van der Waals surface area (Å²) < 4.78 is 0. The van der Waals surface area contributed by atoms with Crippen LogP contribution in [0.5, 0.6) is 0 Å². The zero-order valence-electron chi connectivity index (χ0n) is 6.04. The van der Waals surface area contributed by atoms with Crippen LogP contribution in [0, 0.1) is 0 Å². The molecule has 0 unspecified atom stereocenters. The first-order chi connectivity index (χ1) is 5.72. The quantitative estimate of drug-likeness (QED) is 0.344. The monoisotopic (exact) mass is 186 g/mol. The molecule has 1 aromatic rings. The first-order valence-electron chi connectivity index (χ1n) is 3.11. The van der Waals surface area contributed by atoms with Crippen LogP contribution in [-0.2, 0) is 0 Å². The van der Waals surface area contributed by atoms with E-state index in [2.05, 4.69) is 10.3 Å². The molecular formula is C6H7ClN4O. The van der Waals surface area contributed by atoms with Crippen LogP contribution in [0.4, 0.5) is 10.6 Å². The Bertz CT molecular complexity index is 273. The van der Waals surface area contributed by atoms with Gasteiger partial charge >= 0.3 is 6.03 Å². The minimum Gasteiger partial charge on any atom is -0.291 e. The summed E-state index contributed by atoms with van der Waals surface area (Å²) in [5.41, 5.74) is 1.91. The van der Waals surface area contributed by atoms with Gasteiger partial charge in [-0.15, -0.1) is 0 Å². The Kier molecular flexibility index (Phi) is 2.84. The van der Waals surface area contributed by atoms with E-state index in [-0.39, 0.29) is 0 Å². The van der Waals surface area contributed by atoms with Crippen LogP contribution in [0.2, 0.25) is 5.02 Å². The Morgan fingerprint density at radius 1 is 1.58 bits per heavy atom. The highest BCUT2D eigenvalue weighted by molar-refractivity contribution is 6.30. The zero-order chi connectivity index (χ0) is 8.97. The molecule has 0 bridgehead atoms. The summed E-state index contributed by atoms with van der Waals surface area (Å²) in [6.07, 6.45) is 1.42. The number of urea groups is 1. The number of carbonyl (C=O) groups is 1. The van der Waals surface area contributed by atoms with E-state index < -0.39 is 6.03 Å². The maximum Gasteiger partial charge on any atom is 0.334 e. The Morgan fingerprint density at radius 3 is 2.83 bits per heavy atom. The standard InChI is InChI=1S/C6H7ClN4O/c7-4-1-2-5(9-3-4)10-6(12)11-8/h1-3H,8H2,(H2,9,10,11,12). The number of halogens is 1. The van der Waals surface area contributed by atoms with Crippen LogP contribution in [0.15, 0.2) is 18.3 Å². The van der Waals surface area contributed by atoms with E-state index in [4.69, 9.17) is 17.4 Å². The number of carbonyl (C=O) groups excluding carboxylic acids is 1. The third-order valence-corrected chi connectivity index (χ3v) is 1.32. The predicted octanol–water partition coefficient (Wildman–Crippen LogP) is 0.730. The third-order valence-electron chi connectivity index (χ3n) is 1.10. The Hall–Kier alpha value is -1.33. The average Bonchev–Trinajstić information content (AvgIpc) is 2.09. The molecule has 4 N–H and O–H groups in total. The van der Waals surface area contributed by atoms with Crippen molar-refractivity contribution in [2.45, 2.75) is 0 Å². The molecule has 0 aliphatic rings. The lowest BCUT2D eigenvalue weighted by atomic mass is 10.5. The van der Waals surface area contributed by atoms with Crippen molar-refractivity contribution in [2.24, 2.45) is 5.84 Å². The van der Waals surface area contributed by atoms with Crippen molar-refractivity contribution in [3.63, 3.8) is 0 Å². The van der Waals surface area contributed by atoms with E-state index in [1.807, 2.05) is 5.43 Å². The number of hydrogen-bond donors (Lipinski definition) is 3. The minimum atomic E-state index is -0.523. The van der Waals surface area contributed by atoms with Crippen molar-refractivity contribution in [3.05, 3.63) is 23.4 Å². The van der Waals surface area contributed by atoms with E-state index in [0.29, 0.717) is 10.8 Å². The summed E-state index contributed by atoms with van der Waals surface area (Å²) in [5, 5.41) is 2.88. The Morgan fingerprint density at radius 2 is 2.33 bits per heavy atom. The van der Waals surface area contributed by atoms with Crippen molar-refractivity contribution in [1.29, 1.82) is 0 Å². The fourth-order valence-corrected chi connectivity index (χ4v) is 0.714. The average molecular weight is 187 g/mol. The van der Waals surface area contributed by atoms with Crippen LogP contribution in [0.1, 0.15) is 0 Å². The number of nitrogens with one attached hydrogen (secondary N) is 2. The van der Waals surface area contributed by atoms with Crippen molar-refractivity contribution in [2.75, 3.05) is 5.32 Å². The van der Waals surface area contributed by atoms with Gasteiger partial charge in [0.2, 0.25) is 0 Å². The smallest absolute Gasteiger partial charge is 0.291 e. The van der Waals surface area contributed by atoms with Gasteiger partial charge in [-0.2, -0.15) is 0 Å². The van der Waals surface area contributed by atoms with Crippen LogP contribution < -0.4 is 16.6 Å². The molecule has 1 rings (SSSR count). The maximum absolute atomic E-state index is 10.6. The molecule has 0 saturated carbocycles. The lowest BCUT2D eigenvalue weighted by Gasteiger charge is -2.01. The Balaban J connectivity index is 2.64. The van der Waals surface area contributed by atoms with Crippen molar-refractivity contribution < 1.29 is 4.79 Å². The fourth-order valence-electron chi connectivity index (χ4n) is 0.602. The summed E-state index contributed by atoms with van der Waals surface area (Å²) in [5.74, 6) is 5.22. The van der Waals surface area contributed by atoms with E-state index in [1.165, 1.54) is 6.20 Å². The SMILES string of the molecule is NNC(=O)Nc1ccc(Cl)cn1. The Labute approximate surface area is 73.9 Å². The molecule has 12 heavy (non-hydrogen) atoms. The summed E-state index contributed by atoms with van der Waals surface area (Å²) in [4.78, 5) is 14.5. The minimum absolute atomic E-state index is 0.391. The molecule has 0 aromatic carbocycles. The van der Waals surface area contributed by atoms with E-state index in [0.717, 1.165) is 0 Å². The highest BCUT2D eigenvalue weighted by Gasteiger charge is 1.98. The topological polar surface area (TPSA) is 80.0 Å². The zero-order valence-corrected chi connectivity index (χ0v) is 6.80. The van der Waals surface area contributed by atoms with Crippen LogP contribution >= 0.6 is 11.6 Å². The number of nitrogens with two attached hydrogens (primary N) is 1. The number of anilines is 1. The molecule has 5 nitrogen and oxygen atoms in total. The first kappa shape index (κ1) is 8.76. The van der Waals surface area contributed by atoms with Gasteiger partial charge in [0.15, 0.2) is 0 Å². The largest absolute Gasteiger partial charge is 0.334 e. The highest BCUT2D eigenvalue weighted by atomic mass is 35.5. The van der Waals surface area contributed by atoms with Gasteiger partial charge < -0.3 is 0 Å². The second-order valence-electron chi connectivity index (χ2n) is 1.96. The second-order valence-corrected chi connectivity index (χ2v) is 2.40. The number of hydrogen-bond acceptors (Lipinski definition) is 3. The van der Waals surface area contributed by atoms with Crippen LogP contribution in [0.25, 0.3) is 0 Å². The molecule has 0 aliphatic carbocycles.